The Morgan fingerprint density at radius 2 is 1.52 bits per heavy atom. The van der Waals surface area contributed by atoms with E-state index < -0.39 is 41.7 Å². The third-order valence-corrected chi connectivity index (χ3v) is 9.30. The van der Waals surface area contributed by atoms with Crippen LogP contribution < -0.4 is 26.0 Å². The molecule has 0 aliphatic heterocycles. The summed E-state index contributed by atoms with van der Waals surface area (Å²) in [7, 11) is 0. The number of ether oxygens (including phenoxy) is 5. The Morgan fingerprint density at radius 1 is 0.800 bits per heavy atom. The van der Waals surface area contributed by atoms with Gasteiger partial charge in [0.25, 0.3) is 11.8 Å². The maximum absolute atomic E-state index is 13.3. The number of aliphatic hydroxyl groups is 1. The molecule has 0 spiro atoms. The lowest BCUT2D eigenvalue weighted by Gasteiger charge is -2.28. The number of fused-ring (bicyclic) bond motifs is 1. The van der Waals surface area contributed by atoms with Crippen LogP contribution in [0.2, 0.25) is 0 Å². The summed E-state index contributed by atoms with van der Waals surface area (Å²) in [4.78, 5) is 64.7. The SMILES string of the molecule is CC(C)C[C@H](NC(=O)[C@@H](O)[C@@H](Cc1ccccc1)NC(=O)OC(C)(C)C)C(=O)NCCOCCOCCOCCOc1ccc(C(=O)Nc2ccc3oc(-c4cccnc4)nc3c2)nc1. The van der Waals surface area contributed by atoms with E-state index in [9.17, 15) is 24.3 Å². The van der Waals surface area contributed by atoms with Gasteiger partial charge in [0.15, 0.2) is 11.7 Å². The highest BCUT2D eigenvalue weighted by Crippen LogP contribution is 2.26. The lowest BCUT2D eigenvalue weighted by atomic mass is 9.99. The zero-order valence-electron chi connectivity index (χ0n) is 37.4. The second-order valence-electron chi connectivity index (χ2n) is 16.3. The van der Waals surface area contributed by atoms with E-state index >= 15 is 0 Å². The summed E-state index contributed by atoms with van der Waals surface area (Å²) < 4.78 is 33.6. The van der Waals surface area contributed by atoms with Crippen molar-refractivity contribution in [3.63, 3.8) is 0 Å². The van der Waals surface area contributed by atoms with Crippen molar-refractivity contribution in [1.82, 2.24) is 30.9 Å². The quantitative estimate of drug-likeness (QED) is 0.0480. The molecule has 5 aromatic rings. The van der Waals surface area contributed by atoms with Crippen molar-refractivity contribution in [2.75, 3.05) is 58.1 Å². The molecule has 5 rings (SSSR count). The van der Waals surface area contributed by atoms with Crippen molar-refractivity contribution in [3.05, 3.63) is 103 Å². The van der Waals surface area contributed by atoms with Gasteiger partial charge in [0.1, 0.15) is 35.2 Å². The number of oxazole rings is 1. The van der Waals surface area contributed by atoms with E-state index in [1.54, 1.807) is 69.6 Å². The number of benzene rings is 2. The molecule has 0 saturated carbocycles. The topological polar surface area (TPSA) is 235 Å². The van der Waals surface area contributed by atoms with Crippen molar-refractivity contribution in [1.29, 1.82) is 0 Å². The first-order valence-corrected chi connectivity index (χ1v) is 21.5. The molecule has 3 aromatic heterocycles. The summed E-state index contributed by atoms with van der Waals surface area (Å²) in [6.45, 7) is 11.2. The lowest BCUT2D eigenvalue weighted by molar-refractivity contribution is -0.135. The van der Waals surface area contributed by atoms with Crippen LogP contribution in [0.3, 0.4) is 0 Å². The molecule has 5 N–H and O–H groups in total. The number of alkyl carbamates (subject to hydrolysis) is 1. The molecule has 0 aliphatic rings. The highest BCUT2D eigenvalue weighted by Gasteiger charge is 2.32. The minimum absolute atomic E-state index is 0.0501. The van der Waals surface area contributed by atoms with Crippen LogP contribution in [0, 0.1) is 5.92 Å². The Morgan fingerprint density at radius 3 is 2.18 bits per heavy atom. The van der Waals surface area contributed by atoms with Gasteiger partial charge in [-0.2, -0.15) is 0 Å². The number of nitrogens with zero attached hydrogens (tertiary/aromatic N) is 3. The van der Waals surface area contributed by atoms with Gasteiger partial charge in [0.2, 0.25) is 11.8 Å². The molecule has 3 atom stereocenters. The number of amides is 4. The molecule has 18 nitrogen and oxygen atoms in total. The molecule has 0 unspecified atom stereocenters. The number of pyridine rings is 2. The number of hydrogen-bond acceptors (Lipinski definition) is 14. The molecule has 0 radical (unpaired) electrons. The molecule has 2 aromatic carbocycles. The first kappa shape index (κ1) is 49.5. The summed E-state index contributed by atoms with van der Waals surface area (Å²) in [5.74, 6) is -0.636. The van der Waals surface area contributed by atoms with Crippen LogP contribution in [-0.4, -0.2) is 120 Å². The third-order valence-electron chi connectivity index (χ3n) is 9.30. The van der Waals surface area contributed by atoms with Crippen molar-refractivity contribution in [3.8, 4) is 17.2 Å². The molecule has 18 heteroatoms. The number of carbonyl (C=O) groups is 4. The predicted molar refractivity (Wildman–Crippen MR) is 241 cm³/mol. The molecule has 3 heterocycles. The third kappa shape index (κ3) is 17.2. The lowest BCUT2D eigenvalue weighted by Crippen LogP contribution is -2.56. The van der Waals surface area contributed by atoms with Gasteiger partial charge in [0.05, 0.1) is 57.4 Å². The number of rotatable bonds is 25. The Bertz CT molecular complexity index is 2250. The Labute approximate surface area is 378 Å². The van der Waals surface area contributed by atoms with E-state index in [0.717, 1.165) is 11.1 Å². The van der Waals surface area contributed by atoms with Gasteiger partial charge in [-0.3, -0.25) is 19.4 Å². The fraction of sp³-hybridized carbons (Fsp3) is 0.426. The molecular weight excluding hydrogens is 839 g/mol. The average molecular weight is 898 g/mol. The number of carbonyl (C=O) groups excluding carboxylic acids is 4. The highest BCUT2D eigenvalue weighted by molar-refractivity contribution is 6.03. The minimum Gasteiger partial charge on any atom is -0.490 e. The van der Waals surface area contributed by atoms with Gasteiger partial charge in [-0.25, -0.2) is 14.8 Å². The van der Waals surface area contributed by atoms with E-state index in [-0.39, 0.29) is 50.3 Å². The van der Waals surface area contributed by atoms with E-state index in [0.29, 0.717) is 61.3 Å². The number of nitrogens with one attached hydrogen (secondary N) is 4. The van der Waals surface area contributed by atoms with Crippen LogP contribution in [0.1, 0.15) is 57.1 Å². The van der Waals surface area contributed by atoms with Gasteiger partial charge in [-0.1, -0.05) is 44.2 Å². The molecule has 0 fully saturated rings. The molecular formula is C47H59N7O11. The van der Waals surface area contributed by atoms with Crippen LogP contribution in [0.15, 0.2) is 95.8 Å². The summed E-state index contributed by atoms with van der Waals surface area (Å²) in [5.41, 5.74) is 2.69. The summed E-state index contributed by atoms with van der Waals surface area (Å²) in [6, 6.07) is 19.2. The molecule has 0 saturated heterocycles. The molecule has 4 amide bonds. The van der Waals surface area contributed by atoms with Crippen molar-refractivity contribution in [2.45, 2.75) is 71.2 Å². The molecule has 65 heavy (non-hydrogen) atoms. The van der Waals surface area contributed by atoms with E-state index in [4.69, 9.17) is 28.1 Å². The number of aromatic nitrogens is 3. The maximum atomic E-state index is 13.3. The predicted octanol–water partition coefficient (Wildman–Crippen LogP) is 5.11. The van der Waals surface area contributed by atoms with Crippen molar-refractivity contribution < 1.29 is 52.4 Å². The van der Waals surface area contributed by atoms with Gasteiger partial charge >= 0.3 is 6.09 Å². The zero-order chi connectivity index (χ0) is 46.6. The normalized spacial score (nSPS) is 12.8. The van der Waals surface area contributed by atoms with Crippen LogP contribution in [-0.2, 0) is 35.0 Å². The maximum Gasteiger partial charge on any atom is 0.407 e. The minimum atomic E-state index is -1.67. The zero-order valence-corrected chi connectivity index (χ0v) is 37.4. The smallest absolute Gasteiger partial charge is 0.407 e. The van der Waals surface area contributed by atoms with E-state index in [1.807, 2.05) is 50.2 Å². The summed E-state index contributed by atoms with van der Waals surface area (Å²) in [6.07, 6.45) is 2.84. The standard InChI is InChI=1S/C47H59N7O11/c1-31(2)26-39(52-44(58)41(55)38(27-32-10-7-6-8-11-32)54-46(59)65-47(3,4)5)42(56)49-18-19-60-20-21-61-22-23-62-24-25-63-35-14-15-36(50-30-35)43(57)51-34-13-16-40-37(28-34)53-45(64-40)33-12-9-17-48-29-33/h6-17,28-31,38-39,41,55H,18-27H2,1-5H3,(H,49,56)(H,51,57)(H,52,58)(H,54,59)/t38-,39+,41+/m1/s1. The Kier molecular flexibility index (Phi) is 19.2. The fourth-order valence-corrected chi connectivity index (χ4v) is 6.25. The van der Waals surface area contributed by atoms with E-state index in [1.165, 1.54) is 6.20 Å². The van der Waals surface area contributed by atoms with Crippen LogP contribution in [0.5, 0.6) is 5.75 Å². The fourth-order valence-electron chi connectivity index (χ4n) is 6.25. The summed E-state index contributed by atoms with van der Waals surface area (Å²) in [5, 5.41) is 22.0. The molecule has 0 bridgehead atoms. The first-order chi connectivity index (χ1) is 31.2. The summed E-state index contributed by atoms with van der Waals surface area (Å²) >= 11 is 0. The number of hydrogen-bond donors (Lipinski definition) is 5. The average Bonchev–Trinajstić information content (AvgIpc) is 3.71. The molecule has 0 aliphatic carbocycles. The van der Waals surface area contributed by atoms with Gasteiger partial charge in [0, 0.05) is 24.6 Å². The van der Waals surface area contributed by atoms with Gasteiger partial charge in [-0.15, -0.1) is 0 Å². The number of aliphatic hydroxyl groups excluding tert-OH is 1. The Balaban J connectivity index is 0.915. The highest BCUT2D eigenvalue weighted by atomic mass is 16.6. The second-order valence-corrected chi connectivity index (χ2v) is 16.3. The van der Waals surface area contributed by atoms with E-state index in [2.05, 4.69) is 36.2 Å². The van der Waals surface area contributed by atoms with Crippen LogP contribution >= 0.6 is 0 Å². The largest absolute Gasteiger partial charge is 0.490 e. The van der Waals surface area contributed by atoms with Crippen molar-refractivity contribution in [2.24, 2.45) is 5.92 Å². The number of anilines is 1. The second kappa shape index (κ2) is 25.1. The monoisotopic (exact) mass is 897 g/mol. The van der Waals surface area contributed by atoms with Gasteiger partial charge < -0.3 is 54.5 Å². The van der Waals surface area contributed by atoms with Gasteiger partial charge in [-0.05, 0) is 87.6 Å². The first-order valence-electron chi connectivity index (χ1n) is 21.5. The van der Waals surface area contributed by atoms with Crippen LogP contribution in [0.25, 0.3) is 22.6 Å². The van der Waals surface area contributed by atoms with Crippen molar-refractivity contribution >= 4 is 40.6 Å². The van der Waals surface area contributed by atoms with Crippen LogP contribution in [0.4, 0.5) is 10.5 Å². The Hall–Kier alpha value is -6.47. The molecule has 348 valence electrons.